The van der Waals surface area contributed by atoms with Gasteiger partial charge in [0.05, 0.1) is 19.8 Å². The number of rotatable bonds is 3. The van der Waals surface area contributed by atoms with E-state index in [4.69, 9.17) is 13.9 Å². The predicted molar refractivity (Wildman–Crippen MR) is 90.6 cm³/mol. The summed E-state index contributed by atoms with van der Waals surface area (Å²) in [7, 11) is 3.09. The quantitative estimate of drug-likeness (QED) is 0.571. The number of carbonyl (C=O) groups excluding carboxylic acids is 2. The highest BCUT2D eigenvalue weighted by Crippen LogP contribution is 2.36. The van der Waals surface area contributed by atoms with E-state index >= 15 is 0 Å². The molecule has 0 aliphatic heterocycles. The molecule has 0 amide bonds. The van der Waals surface area contributed by atoms with E-state index in [0.717, 1.165) is 0 Å². The van der Waals surface area contributed by atoms with Crippen LogP contribution in [0, 0.1) is 0 Å². The molecule has 1 aliphatic carbocycles. The molecule has 0 saturated heterocycles. The van der Waals surface area contributed by atoms with Crippen LogP contribution >= 0.6 is 0 Å². The van der Waals surface area contributed by atoms with E-state index < -0.39 is 0 Å². The molecule has 0 atom stereocenters. The Labute approximate surface area is 143 Å². The van der Waals surface area contributed by atoms with Crippen LogP contribution in [0.15, 0.2) is 52.9 Å². The summed E-state index contributed by atoms with van der Waals surface area (Å²) in [6, 6.07) is 13.6. The van der Waals surface area contributed by atoms with Gasteiger partial charge in [-0.05, 0) is 24.3 Å². The number of benzene rings is 2. The molecule has 1 aliphatic rings. The lowest BCUT2D eigenvalue weighted by molar-refractivity contribution is 0.0961. The largest absolute Gasteiger partial charge is 0.493 e. The van der Waals surface area contributed by atoms with Crippen LogP contribution in [0.3, 0.4) is 0 Å². The van der Waals surface area contributed by atoms with E-state index in [1.807, 2.05) is 0 Å². The Bertz CT molecular complexity index is 960. The summed E-state index contributed by atoms with van der Waals surface area (Å²) in [6.07, 6.45) is 0. The molecule has 0 radical (unpaired) electrons. The molecule has 0 fully saturated rings. The summed E-state index contributed by atoms with van der Waals surface area (Å²) in [5, 5.41) is 0. The van der Waals surface area contributed by atoms with Crippen LogP contribution in [0.2, 0.25) is 0 Å². The SMILES string of the molecule is COc1ccc(-c2cc3c(o2)C(=O)c2ccccc2C3=O)cc1OC. The summed E-state index contributed by atoms with van der Waals surface area (Å²) in [5.41, 5.74) is 1.75. The fraction of sp³-hybridized carbons (Fsp3) is 0.100. The number of fused-ring (bicyclic) bond motifs is 2. The normalized spacial score (nSPS) is 12.6. The van der Waals surface area contributed by atoms with Crippen LogP contribution < -0.4 is 9.47 Å². The van der Waals surface area contributed by atoms with Gasteiger partial charge in [0.15, 0.2) is 23.0 Å². The third-order valence-corrected chi connectivity index (χ3v) is 4.27. The first kappa shape index (κ1) is 15.2. The van der Waals surface area contributed by atoms with Gasteiger partial charge < -0.3 is 13.9 Å². The molecule has 1 aromatic heterocycles. The first-order valence-corrected chi connectivity index (χ1v) is 7.68. The Morgan fingerprint density at radius 2 is 1.44 bits per heavy atom. The summed E-state index contributed by atoms with van der Waals surface area (Å²) >= 11 is 0. The zero-order valence-corrected chi connectivity index (χ0v) is 13.7. The van der Waals surface area contributed by atoms with Crippen molar-refractivity contribution >= 4 is 11.6 Å². The predicted octanol–water partition coefficient (Wildman–Crippen LogP) is 3.74. The van der Waals surface area contributed by atoms with Gasteiger partial charge in [-0.3, -0.25) is 9.59 Å². The summed E-state index contributed by atoms with van der Waals surface area (Å²) in [6.45, 7) is 0. The average Bonchev–Trinajstić information content (AvgIpc) is 3.11. The van der Waals surface area contributed by atoms with Crippen molar-refractivity contribution in [1.29, 1.82) is 0 Å². The molecule has 1 heterocycles. The number of hydrogen-bond donors (Lipinski definition) is 0. The standard InChI is InChI=1S/C20H14O5/c1-23-15-8-7-11(9-17(15)24-2)16-10-14-18(21)12-5-3-4-6-13(12)19(22)20(14)25-16/h3-10H,1-2H3. The Hall–Kier alpha value is -3.34. The summed E-state index contributed by atoms with van der Waals surface area (Å²) in [5.74, 6) is 1.14. The third-order valence-electron chi connectivity index (χ3n) is 4.27. The van der Waals surface area contributed by atoms with Gasteiger partial charge in [0, 0.05) is 16.7 Å². The molecule has 0 unspecified atom stereocenters. The minimum absolute atomic E-state index is 0.0773. The number of methoxy groups -OCH3 is 2. The van der Waals surface area contributed by atoms with Gasteiger partial charge in [0.25, 0.3) is 0 Å². The fourth-order valence-electron chi connectivity index (χ4n) is 3.01. The molecule has 4 rings (SSSR count). The lowest BCUT2D eigenvalue weighted by atomic mass is 9.88. The first-order valence-electron chi connectivity index (χ1n) is 7.68. The van der Waals surface area contributed by atoms with Crippen molar-refractivity contribution in [3.63, 3.8) is 0 Å². The molecule has 3 aromatic rings. The highest BCUT2D eigenvalue weighted by molar-refractivity contribution is 6.27. The van der Waals surface area contributed by atoms with Crippen molar-refractivity contribution in [1.82, 2.24) is 0 Å². The number of carbonyl (C=O) groups is 2. The number of furan rings is 1. The molecule has 5 heteroatoms. The molecule has 0 N–H and O–H groups in total. The highest BCUT2D eigenvalue weighted by Gasteiger charge is 2.33. The molecule has 0 saturated carbocycles. The maximum Gasteiger partial charge on any atom is 0.229 e. The second-order valence-electron chi connectivity index (χ2n) is 5.63. The molecule has 5 nitrogen and oxygen atoms in total. The lowest BCUT2D eigenvalue weighted by Gasteiger charge is -2.11. The molecule has 124 valence electrons. The van der Waals surface area contributed by atoms with Crippen LogP contribution in [0.5, 0.6) is 11.5 Å². The van der Waals surface area contributed by atoms with Gasteiger partial charge in [0.2, 0.25) is 5.78 Å². The second-order valence-corrected chi connectivity index (χ2v) is 5.63. The van der Waals surface area contributed by atoms with Crippen molar-refractivity contribution in [3.05, 3.63) is 71.0 Å². The monoisotopic (exact) mass is 334 g/mol. The third kappa shape index (κ3) is 2.24. The molecule has 25 heavy (non-hydrogen) atoms. The van der Waals surface area contributed by atoms with E-state index in [1.165, 1.54) is 0 Å². The fourth-order valence-corrected chi connectivity index (χ4v) is 3.01. The van der Waals surface area contributed by atoms with E-state index in [9.17, 15) is 9.59 Å². The summed E-state index contributed by atoms with van der Waals surface area (Å²) in [4.78, 5) is 25.3. The Morgan fingerprint density at radius 1 is 0.760 bits per heavy atom. The van der Waals surface area contributed by atoms with Gasteiger partial charge in [-0.1, -0.05) is 24.3 Å². The zero-order valence-electron chi connectivity index (χ0n) is 13.7. The molecular formula is C20H14O5. The minimum Gasteiger partial charge on any atom is -0.493 e. The van der Waals surface area contributed by atoms with Crippen molar-refractivity contribution in [3.8, 4) is 22.8 Å². The molecule has 0 bridgehead atoms. The van der Waals surface area contributed by atoms with Crippen molar-refractivity contribution in [2.75, 3.05) is 14.2 Å². The summed E-state index contributed by atoms with van der Waals surface area (Å²) < 4.78 is 16.3. The topological polar surface area (TPSA) is 65.7 Å². The van der Waals surface area contributed by atoms with Gasteiger partial charge in [-0.15, -0.1) is 0 Å². The molecule has 2 aromatic carbocycles. The van der Waals surface area contributed by atoms with Crippen LogP contribution in [0.25, 0.3) is 11.3 Å². The van der Waals surface area contributed by atoms with E-state index in [2.05, 4.69) is 0 Å². The maximum atomic E-state index is 12.7. The average molecular weight is 334 g/mol. The number of ether oxygens (including phenoxy) is 2. The molecule has 0 spiro atoms. The van der Waals surface area contributed by atoms with E-state index in [1.54, 1.807) is 62.8 Å². The van der Waals surface area contributed by atoms with E-state index in [0.29, 0.717) is 33.9 Å². The first-order chi connectivity index (χ1) is 12.1. The number of ketones is 2. The van der Waals surface area contributed by atoms with Crippen LogP contribution in [-0.4, -0.2) is 25.8 Å². The van der Waals surface area contributed by atoms with Crippen molar-refractivity contribution in [2.24, 2.45) is 0 Å². The van der Waals surface area contributed by atoms with Gasteiger partial charge in [-0.25, -0.2) is 0 Å². The zero-order chi connectivity index (χ0) is 17.6. The smallest absolute Gasteiger partial charge is 0.229 e. The van der Waals surface area contributed by atoms with Crippen molar-refractivity contribution in [2.45, 2.75) is 0 Å². The van der Waals surface area contributed by atoms with Gasteiger partial charge >= 0.3 is 0 Å². The number of hydrogen-bond acceptors (Lipinski definition) is 5. The highest BCUT2D eigenvalue weighted by atomic mass is 16.5. The Morgan fingerprint density at radius 3 is 2.12 bits per heavy atom. The maximum absolute atomic E-state index is 12.7. The van der Waals surface area contributed by atoms with Gasteiger partial charge in [0.1, 0.15) is 5.76 Å². The van der Waals surface area contributed by atoms with Crippen LogP contribution in [-0.2, 0) is 0 Å². The van der Waals surface area contributed by atoms with Gasteiger partial charge in [-0.2, -0.15) is 0 Å². The lowest BCUT2D eigenvalue weighted by Crippen LogP contribution is -2.18. The van der Waals surface area contributed by atoms with E-state index in [-0.39, 0.29) is 22.9 Å². The Kier molecular flexibility index (Phi) is 3.42. The van der Waals surface area contributed by atoms with Crippen molar-refractivity contribution < 1.29 is 23.5 Å². The minimum atomic E-state index is -0.281. The molecular weight excluding hydrogens is 320 g/mol. The Balaban J connectivity index is 1.84. The van der Waals surface area contributed by atoms with Crippen LogP contribution in [0.4, 0.5) is 0 Å². The second kappa shape index (κ2) is 5.63. The van der Waals surface area contributed by atoms with Crippen LogP contribution in [0.1, 0.15) is 32.0 Å².